The standard InChI is InChI=1S/C9H20N2O4S2.CH4/c1-10-4-6-11(7-5-10)17(14,15)9-3-8-16(2,12)13;/h3-9H2,1-2H3;1H4. The summed E-state index contributed by atoms with van der Waals surface area (Å²) in [6.45, 7) is 2.45. The number of likely N-dealkylation sites (N-methyl/N-ethyl adjacent to an activating group) is 1. The highest BCUT2D eigenvalue weighted by atomic mass is 32.2. The van der Waals surface area contributed by atoms with Crippen molar-refractivity contribution in [2.24, 2.45) is 0 Å². The van der Waals surface area contributed by atoms with Crippen molar-refractivity contribution in [3.05, 3.63) is 0 Å². The normalized spacial score (nSPS) is 19.4. The van der Waals surface area contributed by atoms with Crippen LogP contribution < -0.4 is 0 Å². The Morgan fingerprint density at radius 2 is 1.44 bits per heavy atom. The molecule has 1 fully saturated rings. The summed E-state index contributed by atoms with van der Waals surface area (Å²) in [5.74, 6) is -0.149. The van der Waals surface area contributed by atoms with Crippen molar-refractivity contribution in [1.82, 2.24) is 9.21 Å². The zero-order valence-corrected chi connectivity index (χ0v) is 11.9. The molecule has 0 atom stereocenters. The van der Waals surface area contributed by atoms with E-state index in [2.05, 4.69) is 4.90 Å². The highest BCUT2D eigenvalue weighted by Gasteiger charge is 2.25. The fourth-order valence-corrected chi connectivity index (χ4v) is 4.04. The largest absolute Gasteiger partial charge is 0.304 e. The quantitative estimate of drug-likeness (QED) is 0.693. The second kappa shape index (κ2) is 6.83. The van der Waals surface area contributed by atoms with Gasteiger partial charge >= 0.3 is 0 Å². The molecule has 0 bridgehead atoms. The average Bonchev–Trinajstić information content (AvgIpc) is 2.15. The molecule has 1 aliphatic heterocycles. The average molecular weight is 300 g/mol. The van der Waals surface area contributed by atoms with Gasteiger partial charge in [-0.2, -0.15) is 4.31 Å². The van der Waals surface area contributed by atoms with Crippen LogP contribution in [0.15, 0.2) is 0 Å². The third-order valence-corrected chi connectivity index (χ3v) is 5.76. The monoisotopic (exact) mass is 300 g/mol. The van der Waals surface area contributed by atoms with Gasteiger partial charge in [0.15, 0.2) is 0 Å². The third-order valence-electron chi connectivity index (χ3n) is 2.77. The van der Waals surface area contributed by atoms with E-state index in [0.717, 1.165) is 19.3 Å². The number of sulfone groups is 1. The molecule has 6 nitrogen and oxygen atoms in total. The summed E-state index contributed by atoms with van der Waals surface area (Å²) < 4.78 is 47.1. The van der Waals surface area contributed by atoms with Crippen LogP contribution in [0, 0.1) is 0 Å². The Balaban J connectivity index is 0.00000289. The maximum atomic E-state index is 11.9. The highest BCUT2D eigenvalue weighted by molar-refractivity contribution is 7.91. The van der Waals surface area contributed by atoms with Gasteiger partial charge in [0, 0.05) is 32.4 Å². The second-order valence-electron chi connectivity index (χ2n) is 4.50. The molecular formula is C10H24N2O4S2. The molecule has 0 aliphatic carbocycles. The van der Waals surface area contributed by atoms with Crippen LogP contribution in [0.4, 0.5) is 0 Å². The molecule has 0 aromatic rings. The summed E-state index contributed by atoms with van der Waals surface area (Å²) in [5, 5.41) is 0. The summed E-state index contributed by atoms with van der Waals surface area (Å²) in [7, 11) is -4.41. The maximum Gasteiger partial charge on any atom is 0.214 e. The molecule has 0 radical (unpaired) electrons. The molecule has 0 aromatic heterocycles. The first-order chi connectivity index (χ1) is 7.71. The lowest BCUT2D eigenvalue weighted by Crippen LogP contribution is -2.47. The lowest BCUT2D eigenvalue weighted by molar-refractivity contribution is 0.222. The number of sulfonamides is 1. The van der Waals surface area contributed by atoms with Crippen molar-refractivity contribution >= 4 is 19.9 Å². The van der Waals surface area contributed by atoms with Crippen LogP contribution >= 0.6 is 0 Å². The first-order valence-electron chi connectivity index (χ1n) is 5.55. The Hall–Kier alpha value is -0.180. The summed E-state index contributed by atoms with van der Waals surface area (Å²) >= 11 is 0. The lowest BCUT2D eigenvalue weighted by atomic mass is 10.4. The molecule has 110 valence electrons. The Morgan fingerprint density at radius 1 is 0.944 bits per heavy atom. The Morgan fingerprint density at radius 3 is 1.89 bits per heavy atom. The smallest absolute Gasteiger partial charge is 0.214 e. The number of hydrogen-bond donors (Lipinski definition) is 0. The predicted octanol–water partition coefficient (Wildman–Crippen LogP) is -0.366. The minimum atomic E-state index is -3.29. The van der Waals surface area contributed by atoms with Gasteiger partial charge in [-0.05, 0) is 13.5 Å². The molecule has 1 rings (SSSR count). The first kappa shape index (κ1) is 17.8. The summed E-state index contributed by atoms with van der Waals surface area (Å²) in [6, 6.07) is 0. The van der Waals surface area contributed by atoms with Crippen LogP contribution in [0.3, 0.4) is 0 Å². The zero-order chi connectivity index (χ0) is 13.1. The van der Waals surface area contributed by atoms with Gasteiger partial charge < -0.3 is 4.90 Å². The van der Waals surface area contributed by atoms with Gasteiger partial charge in [-0.25, -0.2) is 16.8 Å². The highest BCUT2D eigenvalue weighted by Crippen LogP contribution is 2.08. The molecule has 1 saturated heterocycles. The number of nitrogens with zero attached hydrogens (tertiary/aromatic N) is 2. The fraction of sp³-hybridized carbons (Fsp3) is 1.00. The Labute approximate surface area is 111 Å². The van der Waals surface area contributed by atoms with Crippen molar-refractivity contribution in [1.29, 1.82) is 0 Å². The van der Waals surface area contributed by atoms with Crippen molar-refractivity contribution < 1.29 is 16.8 Å². The van der Waals surface area contributed by atoms with Gasteiger partial charge in [0.05, 0.1) is 11.5 Å². The summed E-state index contributed by atoms with van der Waals surface area (Å²) in [4.78, 5) is 2.07. The van der Waals surface area contributed by atoms with Crippen LogP contribution in [-0.4, -0.2) is 77.0 Å². The van der Waals surface area contributed by atoms with Gasteiger partial charge in [0.2, 0.25) is 10.0 Å². The molecule has 0 spiro atoms. The van der Waals surface area contributed by atoms with E-state index in [9.17, 15) is 16.8 Å². The fourth-order valence-electron chi connectivity index (χ4n) is 1.70. The van der Waals surface area contributed by atoms with Gasteiger partial charge in [0.25, 0.3) is 0 Å². The minimum absolute atomic E-state index is 0. The molecule has 0 unspecified atom stereocenters. The molecule has 1 heterocycles. The molecule has 18 heavy (non-hydrogen) atoms. The van der Waals surface area contributed by atoms with E-state index in [4.69, 9.17) is 0 Å². The van der Waals surface area contributed by atoms with Gasteiger partial charge in [0.1, 0.15) is 9.84 Å². The van der Waals surface area contributed by atoms with Gasteiger partial charge in [-0.3, -0.25) is 0 Å². The predicted molar refractivity (Wildman–Crippen MR) is 73.9 cm³/mol. The molecule has 8 heteroatoms. The number of piperazine rings is 1. The molecule has 0 aromatic carbocycles. The van der Waals surface area contributed by atoms with Gasteiger partial charge in [-0.15, -0.1) is 0 Å². The number of rotatable bonds is 5. The van der Waals surface area contributed by atoms with Crippen molar-refractivity contribution in [2.75, 3.05) is 51.0 Å². The molecule has 0 amide bonds. The lowest BCUT2D eigenvalue weighted by Gasteiger charge is -2.31. The second-order valence-corrected chi connectivity index (χ2v) is 8.85. The first-order valence-corrected chi connectivity index (χ1v) is 9.22. The van der Waals surface area contributed by atoms with E-state index in [1.807, 2.05) is 7.05 Å². The van der Waals surface area contributed by atoms with Crippen LogP contribution in [-0.2, 0) is 19.9 Å². The van der Waals surface area contributed by atoms with E-state index in [0.29, 0.717) is 13.1 Å². The van der Waals surface area contributed by atoms with Crippen molar-refractivity contribution in [3.63, 3.8) is 0 Å². The van der Waals surface area contributed by atoms with E-state index >= 15 is 0 Å². The Kier molecular flexibility index (Phi) is 6.77. The minimum Gasteiger partial charge on any atom is -0.304 e. The third kappa shape index (κ3) is 6.12. The SMILES string of the molecule is C.CN1CCN(S(=O)(=O)CCCS(C)(=O)=O)CC1. The van der Waals surface area contributed by atoms with E-state index < -0.39 is 19.9 Å². The maximum absolute atomic E-state index is 11.9. The van der Waals surface area contributed by atoms with Crippen LogP contribution in [0.5, 0.6) is 0 Å². The topological polar surface area (TPSA) is 74.8 Å². The van der Waals surface area contributed by atoms with Gasteiger partial charge in [-0.1, -0.05) is 7.43 Å². The molecule has 1 aliphatic rings. The summed E-state index contributed by atoms with van der Waals surface area (Å²) in [5.41, 5.74) is 0. The van der Waals surface area contributed by atoms with E-state index in [1.54, 1.807) is 0 Å². The molecular weight excluding hydrogens is 276 g/mol. The van der Waals surface area contributed by atoms with Crippen LogP contribution in [0.25, 0.3) is 0 Å². The van der Waals surface area contributed by atoms with Crippen LogP contribution in [0.2, 0.25) is 0 Å². The molecule has 0 N–H and O–H groups in total. The number of hydrogen-bond acceptors (Lipinski definition) is 5. The van der Waals surface area contributed by atoms with E-state index in [1.165, 1.54) is 4.31 Å². The van der Waals surface area contributed by atoms with Crippen molar-refractivity contribution in [2.45, 2.75) is 13.8 Å². The zero-order valence-electron chi connectivity index (χ0n) is 10.3. The van der Waals surface area contributed by atoms with Crippen molar-refractivity contribution in [3.8, 4) is 0 Å². The summed E-state index contributed by atoms with van der Waals surface area (Å²) in [6.07, 6.45) is 1.29. The molecule has 0 saturated carbocycles. The van der Waals surface area contributed by atoms with E-state index in [-0.39, 0.29) is 25.4 Å². The Bertz CT molecular complexity index is 436. The van der Waals surface area contributed by atoms with Crippen LogP contribution in [0.1, 0.15) is 13.8 Å².